The molecule has 0 atom stereocenters. The van der Waals surface area contributed by atoms with Crippen LogP contribution in [0.1, 0.15) is 5.56 Å². The molecule has 0 bridgehead atoms. The number of rotatable bonds is 3. The molecule has 1 aliphatic heterocycles. The summed E-state index contributed by atoms with van der Waals surface area (Å²) in [6.07, 6.45) is 1.77. The number of hydrogen-bond donors (Lipinski definition) is 2. The van der Waals surface area contributed by atoms with Crippen molar-refractivity contribution < 1.29 is 14.6 Å². The number of para-hydroxylation sites is 1. The molecule has 0 aliphatic carbocycles. The third-order valence-electron chi connectivity index (χ3n) is 3.14. The first-order valence-corrected chi connectivity index (χ1v) is 7.69. The van der Waals surface area contributed by atoms with Gasteiger partial charge in [-0.3, -0.25) is 4.79 Å². The zero-order valence-corrected chi connectivity index (χ0v) is 13.1. The molecule has 0 unspecified atom stereocenters. The topological polar surface area (TPSA) is 70.9 Å². The van der Waals surface area contributed by atoms with E-state index in [9.17, 15) is 9.90 Å². The second kappa shape index (κ2) is 6.58. The second-order valence-electron chi connectivity index (χ2n) is 4.74. The quantitative estimate of drug-likeness (QED) is 0.849. The largest absolute Gasteiger partial charge is 0.508 e. The lowest BCUT2D eigenvalue weighted by Crippen LogP contribution is -2.19. The average molecular weight is 326 g/mol. The molecule has 5 nitrogen and oxygen atoms in total. The first-order valence-electron chi connectivity index (χ1n) is 6.87. The Hall–Kier alpha value is -2.73. The van der Waals surface area contributed by atoms with E-state index in [1.165, 1.54) is 17.8 Å². The molecule has 2 aromatic carbocycles. The van der Waals surface area contributed by atoms with E-state index in [4.69, 9.17) is 4.74 Å². The number of ether oxygens (including phenoxy) is 1. The number of nitrogens with zero attached hydrogens (tertiary/aromatic N) is 1. The first-order chi connectivity index (χ1) is 11.2. The highest BCUT2D eigenvalue weighted by atomic mass is 32.2. The molecular weight excluding hydrogens is 312 g/mol. The van der Waals surface area contributed by atoms with Crippen LogP contribution in [-0.4, -0.2) is 23.3 Å². The van der Waals surface area contributed by atoms with Crippen molar-refractivity contribution in [1.82, 2.24) is 5.32 Å². The molecular formula is C17H14N2O3S. The summed E-state index contributed by atoms with van der Waals surface area (Å²) in [5.74, 6) is 0.623. The Balaban J connectivity index is 1.86. The van der Waals surface area contributed by atoms with Crippen LogP contribution in [0.15, 0.2) is 58.4 Å². The number of carbonyl (C=O) groups excluding carboxylic acids is 1. The fourth-order valence-electron chi connectivity index (χ4n) is 2.09. The van der Waals surface area contributed by atoms with Crippen LogP contribution in [0.3, 0.4) is 0 Å². The van der Waals surface area contributed by atoms with Gasteiger partial charge in [-0.1, -0.05) is 24.3 Å². The number of methoxy groups -OCH3 is 1. The maximum Gasteiger partial charge on any atom is 0.264 e. The number of benzene rings is 2. The third-order valence-corrected chi connectivity index (χ3v) is 4.05. The summed E-state index contributed by atoms with van der Waals surface area (Å²) in [7, 11) is 1.59. The molecule has 1 saturated heterocycles. The highest BCUT2D eigenvalue weighted by molar-refractivity contribution is 8.18. The van der Waals surface area contributed by atoms with E-state index in [0.717, 1.165) is 5.56 Å². The van der Waals surface area contributed by atoms with E-state index < -0.39 is 0 Å². The van der Waals surface area contributed by atoms with Gasteiger partial charge in [0.05, 0.1) is 17.7 Å². The lowest BCUT2D eigenvalue weighted by atomic mass is 10.2. The van der Waals surface area contributed by atoms with Crippen LogP contribution in [-0.2, 0) is 4.79 Å². The van der Waals surface area contributed by atoms with Gasteiger partial charge in [-0.2, -0.15) is 0 Å². The van der Waals surface area contributed by atoms with Crippen molar-refractivity contribution in [2.24, 2.45) is 4.99 Å². The van der Waals surface area contributed by atoms with Crippen LogP contribution >= 0.6 is 11.8 Å². The van der Waals surface area contributed by atoms with Crippen molar-refractivity contribution in [3.63, 3.8) is 0 Å². The van der Waals surface area contributed by atoms with Gasteiger partial charge < -0.3 is 15.2 Å². The number of amides is 1. The molecule has 0 saturated carbocycles. The lowest BCUT2D eigenvalue weighted by Gasteiger charge is -2.03. The number of phenolic OH excluding ortho intramolecular Hbond substituents is 1. The Morgan fingerprint density at radius 2 is 2.04 bits per heavy atom. The molecule has 1 heterocycles. The number of aliphatic imine (C=N–C) groups is 1. The van der Waals surface area contributed by atoms with E-state index >= 15 is 0 Å². The van der Waals surface area contributed by atoms with Gasteiger partial charge in [0.2, 0.25) is 0 Å². The number of nitrogens with one attached hydrogen (secondary N) is 1. The molecule has 0 radical (unpaired) electrons. The number of hydrogen-bond acceptors (Lipinski definition) is 5. The van der Waals surface area contributed by atoms with Crippen molar-refractivity contribution in [2.75, 3.05) is 7.11 Å². The number of thioether (sulfide) groups is 1. The SMILES string of the molecule is COc1ccccc1C=C1SC(=Nc2cccc(O)c2)NC1=O. The Morgan fingerprint density at radius 3 is 2.83 bits per heavy atom. The molecule has 6 heteroatoms. The maximum absolute atomic E-state index is 12.1. The van der Waals surface area contributed by atoms with Gasteiger partial charge in [0.1, 0.15) is 11.5 Å². The minimum absolute atomic E-state index is 0.131. The van der Waals surface area contributed by atoms with Gasteiger partial charge in [-0.15, -0.1) is 0 Å². The highest BCUT2D eigenvalue weighted by Gasteiger charge is 2.24. The molecule has 1 fully saturated rings. The summed E-state index contributed by atoms with van der Waals surface area (Å²) in [6, 6.07) is 14.0. The Labute approximate surface area is 137 Å². The van der Waals surface area contributed by atoms with Crippen LogP contribution < -0.4 is 10.1 Å². The van der Waals surface area contributed by atoms with Crippen LogP contribution in [0, 0.1) is 0 Å². The molecule has 0 spiro atoms. The van der Waals surface area contributed by atoms with Crippen molar-refractivity contribution >= 4 is 34.6 Å². The van der Waals surface area contributed by atoms with Crippen molar-refractivity contribution in [2.45, 2.75) is 0 Å². The van der Waals surface area contributed by atoms with Gasteiger partial charge in [0.25, 0.3) is 5.91 Å². The van der Waals surface area contributed by atoms with Crippen molar-refractivity contribution in [3.05, 3.63) is 59.0 Å². The predicted molar refractivity (Wildman–Crippen MR) is 91.9 cm³/mol. The normalized spacial score (nSPS) is 17.5. The van der Waals surface area contributed by atoms with Crippen molar-refractivity contribution in [1.29, 1.82) is 0 Å². The summed E-state index contributed by atoms with van der Waals surface area (Å²) >= 11 is 1.25. The predicted octanol–water partition coefficient (Wildman–Crippen LogP) is 3.29. The smallest absolute Gasteiger partial charge is 0.264 e. The zero-order valence-electron chi connectivity index (χ0n) is 12.3. The van der Waals surface area contributed by atoms with E-state index in [0.29, 0.717) is 21.5 Å². The maximum atomic E-state index is 12.1. The molecule has 3 rings (SSSR count). The van der Waals surface area contributed by atoms with Crippen LogP contribution in [0.25, 0.3) is 6.08 Å². The van der Waals surface area contributed by atoms with Gasteiger partial charge in [0.15, 0.2) is 5.17 Å². The number of phenols is 1. The van der Waals surface area contributed by atoms with Crippen molar-refractivity contribution in [3.8, 4) is 11.5 Å². The minimum atomic E-state index is -0.209. The van der Waals surface area contributed by atoms with E-state index in [2.05, 4.69) is 10.3 Å². The molecule has 116 valence electrons. The summed E-state index contributed by atoms with van der Waals surface area (Å²) in [5.41, 5.74) is 1.40. The third kappa shape index (κ3) is 3.54. The Kier molecular flexibility index (Phi) is 4.34. The fourth-order valence-corrected chi connectivity index (χ4v) is 2.92. The molecule has 1 amide bonds. The lowest BCUT2D eigenvalue weighted by molar-refractivity contribution is -0.115. The number of amidine groups is 1. The second-order valence-corrected chi connectivity index (χ2v) is 5.77. The van der Waals surface area contributed by atoms with Gasteiger partial charge in [-0.25, -0.2) is 4.99 Å². The van der Waals surface area contributed by atoms with Gasteiger partial charge in [-0.05, 0) is 36.0 Å². The van der Waals surface area contributed by atoms with E-state index in [-0.39, 0.29) is 11.7 Å². The summed E-state index contributed by atoms with van der Waals surface area (Å²) in [6.45, 7) is 0. The average Bonchev–Trinajstić information content (AvgIpc) is 2.87. The van der Waals surface area contributed by atoms with E-state index in [1.807, 2.05) is 24.3 Å². The summed E-state index contributed by atoms with van der Waals surface area (Å²) < 4.78 is 5.28. The molecule has 23 heavy (non-hydrogen) atoms. The standard InChI is InChI=1S/C17H14N2O3S/c1-22-14-8-3-2-5-11(14)9-15-16(21)19-17(23-15)18-12-6-4-7-13(20)10-12/h2-10,20H,1H3,(H,18,19,21). The van der Waals surface area contributed by atoms with Crippen LogP contribution in [0.4, 0.5) is 5.69 Å². The monoisotopic (exact) mass is 326 g/mol. The first kappa shape index (κ1) is 15.2. The number of aromatic hydroxyl groups is 1. The van der Waals surface area contributed by atoms with Gasteiger partial charge in [0, 0.05) is 11.6 Å². The van der Waals surface area contributed by atoms with Crippen LogP contribution in [0.5, 0.6) is 11.5 Å². The van der Waals surface area contributed by atoms with E-state index in [1.54, 1.807) is 31.4 Å². The Bertz CT molecular complexity index is 815. The fraction of sp³-hybridized carbons (Fsp3) is 0.0588. The molecule has 2 aromatic rings. The molecule has 1 aliphatic rings. The molecule has 2 N–H and O–H groups in total. The summed E-state index contributed by atoms with van der Waals surface area (Å²) in [4.78, 5) is 16.9. The minimum Gasteiger partial charge on any atom is -0.508 e. The molecule has 0 aromatic heterocycles. The highest BCUT2D eigenvalue weighted by Crippen LogP contribution is 2.30. The summed E-state index contributed by atoms with van der Waals surface area (Å²) in [5, 5.41) is 12.6. The van der Waals surface area contributed by atoms with Gasteiger partial charge >= 0.3 is 0 Å². The Morgan fingerprint density at radius 1 is 1.22 bits per heavy atom. The van der Waals surface area contributed by atoms with Crippen LogP contribution in [0.2, 0.25) is 0 Å². The zero-order chi connectivity index (χ0) is 16.2. The number of carbonyl (C=O) groups is 1.